The summed E-state index contributed by atoms with van der Waals surface area (Å²) in [6, 6.07) is 4.63. The van der Waals surface area contributed by atoms with Gasteiger partial charge in [0.05, 0.1) is 16.4 Å². The van der Waals surface area contributed by atoms with Gasteiger partial charge in [0.2, 0.25) is 0 Å². The number of nitrogens with zero attached hydrogens (tertiary/aromatic N) is 2. The second-order valence-electron chi connectivity index (χ2n) is 4.97. The van der Waals surface area contributed by atoms with E-state index >= 15 is 0 Å². The van der Waals surface area contributed by atoms with Gasteiger partial charge in [-0.15, -0.1) is 0 Å². The Morgan fingerprint density at radius 1 is 1.33 bits per heavy atom. The quantitative estimate of drug-likeness (QED) is 0.677. The summed E-state index contributed by atoms with van der Waals surface area (Å²) in [5, 5.41) is 13.9. The summed E-state index contributed by atoms with van der Waals surface area (Å²) in [7, 11) is -2.93. The van der Waals surface area contributed by atoms with Crippen LogP contribution in [0.2, 0.25) is 0 Å². The number of rotatable bonds is 3. The zero-order valence-corrected chi connectivity index (χ0v) is 11.8. The molecule has 1 aliphatic heterocycles. The molecule has 3 rings (SSSR count). The number of sulfone groups is 1. The largest absolute Gasteiger partial charge is 0.423 e. The summed E-state index contributed by atoms with van der Waals surface area (Å²) in [4.78, 5) is 14.5. The highest BCUT2D eigenvalue weighted by Crippen LogP contribution is 2.28. The molecule has 8 nitrogen and oxygen atoms in total. The molecular weight excluding hydrogens is 298 g/mol. The molecule has 0 bridgehead atoms. The molecule has 9 heteroatoms. The lowest BCUT2D eigenvalue weighted by molar-refractivity contribution is -0.383. The topological polar surface area (TPSA) is 115 Å². The molecule has 112 valence electrons. The molecule has 1 N–H and O–H groups in total. The van der Waals surface area contributed by atoms with Gasteiger partial charge in [0, 0.05) is 12.1 Å². The number of nitro groups is 1. The van der Waals surface area contributed by atoms with E-state index in [9.17, 15) is 18.5 Å². The minimum atomic E-state index is -2.93. The number of nitro benzene ring substituents is 1. The van der Waals surface area contributed by atoms with E-state index in [-0.39, 0.29) is 34.8 Å². The van der Waals surface area contributed by atoms with Crippen molar-refractivity contribution in [2.75, 3.05) is 16.8 Å². The summed E-state index contributed by atoms with van der Waals surface area (Å²) < 4.78 is 28.2. The van der Waals surface area contributed by atoms with Gasteiger partial charge in [0.15, 0.2) is 11.1 Å². The first-order chi connectivity index (χ1) is 9.94. The average Bonchev–Trinajstić information content (AvgIpc) is 2.83. The summed E-state index contributed by atoms with van der Waals surface area (Å²) in [5.74, 6) is 0.260. The van der Waals surface area contributed by atoms with Gasteiger partial charge in [-0.25, -0.2) is 8.42 Å². The Balaban J connectivity index is 1.82. The summed E-state index contributed by atoms with van der Waals surface area (Å²) in [6.07, 6.45) is 0.951. The van der Waals surface area contributed by atoms with Gasteiger partial charge >= 0.3 is 0 Å². The van der Waals surface area contributed by atoms with E-state index in [0.717, 1.165) is 0 Å². The maximum absolute atomic E-state index is 11.4. The van der Waals surface area contributed by atoms with Crippen LogP contribution in [0, 0.1) is 10.1 Å². The van der Waals surface area contributed by atoms with Crippen molar-refractivity contribution in [2.24, 2.45) is 0 Å². The molecule has 1 fully saturated rings. The van der Waals surface area contributed by atoms with E-state index < -0.39 is 14.8 Å². The van der Waals surface area contributed by atoms with E-state index in [0.29, 0.717) is 18.4 Å². The fourth-order valence-electron chi connectivity index (χ4n) is 2.35. The van der Waals surface area contributed by atoms with Crippen LogP contribution in [0.25, 0.3) is 11.1 Å². The number of fused-ring (bicyclic) bond motifs is 1. The van der Waals surface area contributed by atoms with Crippen molar-refractivity contribution in [1.29, 1.82) is 0 Å². The van der Waals surface area contributed by atoms with Crippen molar-refractivity contribution in [1.82, 2.24) is 4.98 Å². The monoisotopic (exact) mass is 311 g/mol. The Hall–Kier alpha value is -2.16. The minimum absolute atomic E-state index is 0.0550. The number of aromatic nitrogens is 1. The predicted octanol–water partition coefficient (Wildman–Crippen LogP) is 1.73. The second-order valence-corrected chi connectivity index (χ2v) is 7.27. The molecule has 0 amide bonds. The lowest BCUT2D eigenvalue weighted by atomic mass is 10.2. The average molecular weight is 311 g/mol. The van der Waals surface area contributed by atoms with Crippen LogP contribution < -0.4 is 5.32 Å². The third kappa shape index (κ3) is 2.82. The standard InChI is InChI=1S/C12H13N3O5S/c16-15(17)9-2-1-3-10-11(9)14-12(20-10)13-8-4-6-21(18,19)7-5-8/h1-3,8H,4-7H2,(H,13,14). The normalized spacial score (nSPS) is 18.7. The summed E-state index contributed by atoms with van der Waals surface area (Å²) >= 11 is 0. The van der Waals surface area contributed by atoms with Crippen LogP contribution in [0.3, 0.4) is 0 Å². The van der Waals surface area contributed by atoms with Crippen LogP contribution >= 0.6 is 0 Å². The zero-order valence-electron chi connectivity index (χ0n) is 11.0. The molecular formula is C12H13N3O5S. The number of non-ortho nitro benzene ring substituents is 1. The smallest absolute Gasteiger partial charge is 0.298 e. The second kappa shape index (κ2) is 4.99. The molecule has 1 aromatic heterocycles. The van der Waals surface area contributed by atoms with Crippen molar-refractivity contribution in [3.63, 3.8) is 0 Å². The van der Waals surface area contributed by atoms with Gasteiger partial charge in [-0.1, -0.05) is 6.07 Å². The molecule has 21 heavy (non-hydrogen) atoms. The van der Waals surface area contributed by atoms with Crippen LogP contribution in [0.15, 0.2) is 22.6 Å². The molecule has 0 radical (unpaired) electrons. The number of oxazole rings is 1. The number of benzene rings is 1. The van der Waals surface area contributed by atoms with Gasteiger partial charge in [0.25, 0.3) is 11.7 Å². The number of anilines is 1. The van der Waals surface area contributed by atoms with Gasteiger partial charge in [-0.05, 0) is 18.9 Å². The lowest BCUT2D eigenvalue weighted by Gasteiger charge is -2.21. The third-order valence-corrected chi connectivity index (χ3v) is 5.19. The molecule has 1 aliphatic rings. The van der Waals surface area contributed by atoms with Crippen molar-refractivity contribution in [2.45, 2.75) is 18.9 Å². The molecule has 0 aliphatic carbocycles. The van der Waals surface area contributed by atoms with Crippen molar-refractivity contribution in [3.8, 4) is 0 Å². The Labute approximate surface area is 120 Å². The molecule has 0 unspecified atom stereocenters. The van der Waals surface area contributed by atoms with Crippen molar-refractivity contribution < 1.29 is 17.8 Å². The number of hydrogen-bond donors (Lipinski definition) is 1. The van der Waals surface area contributed by atoms with Gasteiger partial charge in [0.1, 0.15) is 9.84 Å². The number of hydrogen-bond acceptors (Lipinski definition) is 7. The maximum atomic E-state index is 11.4. The molecule has 2 heterocycles. The highest BCUT2D eigenvalue weighted by Gasteiger charge is 2.25. The SMILES string of the molecule is O=[N+]([O-])c1cccc2oc(NC3CCS(=O)(=O)CC3)nc12. The van der Waals surface area contributed by atoms with Crippen LogP contribution in [0.4, 0.5) is 11.7 Å². The molecule has 0 atom stereocenters. The Morgan fingerprint density at radius 2 is 2.05 bits per heavy atom. The number of nitrogens with one attached hydrogen (secondary N) is 1. The fraction of sp³-hybridized carbons (Fsp3) is 0.417. The van der Waals surface area contributed by atoms with Gasteiger partial charge in [-0.3, -0.25) is 10.1 Å². The molecule has 2 aromatic rings. The van der Waals surface area contributed by atoms with E-state index in [1.165, 1.54) is 12.1 Å². The lowest BCUT2D eigenvalue weighted by Crippen LogP contribution is -2.32. The summed E-state index contributed by atoms with van der Waals surface area (Å²) in [5.41, 5.74) is 0.402. The number of para-hydroxylation sites is 1. The van der Waals surface area contributed by atoms with Gasteiger partial charge < -0.3 is 9.73 Å². The van der Waals surface area contributed by atoms with Gasteiger partial charge in [-0.2, -0.15) is 4.98 Å². The van der Waals surface area contributed by atoms with Crippen molar-refractivity contribution >= 4 is 32.6 Å². The fourth-order valence-corrected chi connectivity index (χ4v) is 3.84. The van der Waals surface area contributed by atoms with Crippen LogP contribution in [0.1, 0.15) is 12.8 Å². The first kappa shape index (κ1) is 13.8. The first-order valence-corrected chi connectivity index (χ1v) is 8.28. The predicted molar refractivity (Wildman–Crippen MR) is 76.0 cm³/mol. The highest BCUT2D eigenvalue weighted by atomic mass is 32.2. The minimum Gasteiger partial charge on any atom is -0.423 e. The third-order valence-electron chi connectivity index (χ3n) is 3.48. The summed E-state index contributed by atoms with van der Waals surface area (Å²) in [6.45, 7) is 0. The van der Waals surface area contributed by atoms with Crippen LogP contribution in [-0.2, 0) is 9.84 Å². The van der Waals surface area contributed by atoms with E-state index in [4.69, 9.17) is 4.42 Å². The van der Waals surface area contributed by atoms with Crippen LogP contribution in [-0.4, -0.2) is 35.9 Å². The Kier molecular flexibility index (Phi) is 3.28. The van der Waals surface area contributed by atoms with E-state index in [1.807, 2.05) is 0 Å². The molecule has 0 saturated carbocycles. The molecule has 0 spiro atoms. The van der Waals surface area contributed by atoms with E-state index in [2.05, 4.69) is 10.3 Å². The van der Waals surface area contributed by atoms with Crippen LogP contribution in [0.5, 0.6) is 0 Å². The van der Waals surface area contributed by atoms with E-state index in [1.54, 1.807) is 6.07 Å². The van der Waals surface area contributed by atoms with Crippen molar-refractivity contribution in [3.05, 3.63) is 28.3 Å². The maximum Gasteiger partial charge on any atom is 0.298 e. The Morgan fingerprint density at radius 3 is 2.71 bits per heavy atom. The zero-order chi connectivity index (χ0) is 15.0. The Bertz CT molecular complexity index is 784. The molecule has 1 saturated heterocycles. The molecule has 1 aromatic carbocycles. The highest BCUT2D eigenvalue weighted by molar-refractivity contribution is 7.91. The first-order valence-electron chi connectivity index (χ1n) is 6.45.